The van der Waals surface area contributed by atoms with E-state index in [0.29, 0.717) is 77.0 Å². The van der Waals surface area contributed by atoms with Crippen LogP contribution in [0.25, 0.3) is 0 Å². The van der Waals surface area contributed by atoms with Gasteiger partial charge in [0.25, 0.3) is 12.9 Å². The van der Waals surface area contributed by atoms with Crippen LogP contribution in [0.2, 0.25) is 0 Å². The normalized spacial score (nSPS) is 11.9. The van der Waals surface area contributed by atoms with E-state index in [0.717, 1.165) is 154 Å². The van der Waals surface area contributed by atoms with E-state index in [2.05, 4.69) is 74.3 Å². The minimum Gasteiger partial charge on any atom is -0.464 e. The molecular formula is C107H200O35. The van der Waals surface area contributed by atoms with Crippen LogP contribution in [-0.2, 0) is 133 Å². The minimum atomic E-state index is -0.758. The Bertz CT molecular complexity index is 2880. The molecule has 0 saturated carbocycles. The summed E-state index contributed by atoms with van der Waals surface area (Å²) in [4.78, 5) is 156. The number of hydrogen-bond acceptors (Lipinski definition) is 35. The molecule has 0 aromatic rings. The van der Waals surface area contributed by atoms with Gasteiger partial charge in [-0.25, -0.2) is 0 Å². The molecule has 7 N–H and O–H groups in total. The third-order valence-electron chi connectivity index (χ3n) is 21.3. The molecule has 0 aromatic heterocycles. The van der Waals surface area contributed by atoms with Gasteiger partial charge in [0.2, 0.25) is 0 Å². The molecule has 0 aromatic carbocycles. The molecule has 0 radical (unpaired) electrons. The van der Waals surface area contributed by atoms with Gasteiger partial charge in [-0.2, -0.15) is 0 Å². The molecule has 0 aliphatic carbocycles. The van der Waals surface area contributed by atoms with Gasteiger partial charge < -0.3 is 102 Å². The molecule has 0 aliphatic rings. The average Bonchev–Trinajstić information content (AvgIpc) is 0.978. The van der Waals surface area contributed by atoms with Gasteiger partial charge in [0, 0.05) is 78.1 Å². The van der Waals surface area contributed by atoms with Crippen molar-refractivity contribution in [1.29, 1.82) is 0 Å². The van der Waals surface area contributed by atoms with E-state index in [9.17, 15) is 82.4 Å². The third kappa shape index (κ3) is 121. The monoisotopic (exact) mass is 2050 g/mol. The summed E-state index contributed by atoms with van der Waals surface area (Å²) in [7, 11) is 0. The molecule has 0 bridgehead atoms. The molecule has 0 saturated heterocycles. The molecule has 35 heteroatoms. The van der Waals surface area contributed by atoms with Crippen LogP contribution in [0.4, 0.5) is 0 Å². The first-order valence-electron chi connectivity index (χ1n) is 54.0. The fourth-order valence-corrected chi connectivity index (χ4v) is 12.9. The molecule has 838 valence electrons. The summed E-state index contributed by atoms with van der Waals surface area (Å²) < 4.78 is 68.4. The number of hydrogen-bond donors (Lipinski definition) is 7. The van der Waals surface area contributed by atoms with Gasteiger partial charge in [-0.3, -0.25) is 67.1 Å². The largest absolute Gasteiger partial charge is 0.464 e. The standard InChI is InChI=1S/C27H52O5.C23H44O5.C19H36O5.C15H28O5.C11H20O5.C7H12O5.C5H8O5/c1-3-5-7-9-11-13-15-17-19-21-26(29)31-24-25(23-28)32-27(30)22-20-18-16-14-12-10-8-6-4-2;1-3-5-7-9-11-13-15-17-22(25)27-20-21(19-24)28-23(26)18-16-14-12-10-8-6-4-2;1-3-5-7-9-11-13-18(21)23-16-17(15-20)24-19(22)14-12-10-8-6-4-2;1-3-5-7-9-14(17)19-12-13(11-16)20-15(18)10-8-6-4-2;1-3-5-10(13)15-8-9(7-12)16-11(14)6-4-2;1-5(9)11-4-7(3-8)12-6(2)10;6-1-5(10-4-8)2-9-3-7/h25,28H,3-24H2,1-2H3;21,24H,3-20H2,1-2H3;17,20H,3-16H2,1-2H3;13,16H,3-12H2,1-2H3;9,12H,3-8H2,1-2H3;7-8H,3-4H2,1-2H3;3-6H,1-2H2. The van der Waals surface area contributed by atoms with E-state index in [1.54, 1.807) is 0 Å². The molecular weight excluding hydrogens is 1850 g/mol. The number of unbranched alkanes of at least 4 members (excludes halogenated alkanes) is 40. The van der Waals surface area contributed by atoms with Gasteiger partial charge in [-0.15, -0.1) is 0 Å². The summed E-state index contributed by atoms with van der Waals surface area (Å²) in [5, 5.41) is 63.0. The lowest BCUT2D eigenvalue weighted by atomic mass is 10.1. The summed E-state index contributed by atoms with van der Waals surface area (Å²) in [5.41, 5.74) is 0. The van der Waals surface area contributed by atoms with Gasteiger partial charge in [0.05, 0.1) is 46.2 Å². The SMILES string of the molecule is CC(=O)OCC(CO)OC(C)=O.CCCC(=O)OCC(CO)OC(=O)CCC.CCCCCC(=O)OCC(CO)OC(=O)CCCCC.CCCCCCCC(=O)OCC(CO)OC(=O)CCCCCCC.CCCCCCCCCC(=O)OCC(CO)OC(=O)CCCCCCCCC.CCCCCCCCCCCC(=O)OCC(CO)OC(=O)CCCCCCCCCCC.O=COCC(CO)OC=O. The highest BCUT2D eigenvalue weighted by Gasteiger charge is 2.23. The average molecular weight is 2050 g/mol. The van der Waals surface area contributed by atoms with Crippen LogP contribution in [0.1, 0.15) is 468 Å². The summed E-state index contributed by atoms with van der Waals surface area (Å²) >= 11 is 0. The van der Waals surface area contributed by atoms with E-state index in [4.69, 9.17) is 67.8 Å². The first-order chi connectivity index (χ1) is 68.6. The molecule has 0 heterocycles. The van der Waals surface area contributed by atoms with Crippen molar-refractivity contribution in [2.24, 2.45) is 0 Å². The zero-order chi connectivity index (χ0) is 108. The van der Waals surface area contributed by atoms with Crippen molar-refractivity contribution in [2.75, 3.05) is 92.5 Å². The minimum absolute atomic E-state index is 0.0593. The van der Waals surface area contributed by atoms with Gasteiger partial charge in [-0.05, 0) is 64.2 Å². The van der Waals surface area contributed by atoms with Crippen molar-refractivity contribution >= 4 is 84.6 Å². The maximum atomic E-state index is 11.9. The number of rotatable bonds is 90. The van der Waals surface area contributed by atoms with E-state index in [1.807, 2.05) is 13.8 Å². The highest BCUT2D eigenvalue weighted by molar-refractivity contribution is 5.73. The van der Waals surface area contributed by atoms with Crippen LogP contribution in [0.15, 0.2) is 0 Å². The zero-order valence-corrected chi connectivity index (χ0v) is 90.1. The Morgan fingerprint density at radius 2 is 0.352 bits per heavy atom. The van der Waals surface area contributed by atoms with Crippen LogP contribution in [-0.4, -0.2) is 256 Å². The highest BCUT2D eigenvalue weighted by atomic mass is 16.6. The second kappa shape index (κ2) is 120. The molecule has 35 nitrogen and oxygen atoms in total. The molecule has 142 heavy (non-hydrogen) atoms. The van der Waals surface area contributed by atoms with Crippen LogP contribution >= 0.6 is 0 Å². The Morgan fingerprint density at radius 1 is 0.183 bits per heavy atom. The van der Waals surface area contributed by atoms with E-state index in [-0.39, 0.29) is 165 Å². The lowest BCUT2D eigenvalue weighted by Crippen LogP contribution is -2.28. The molecule has 0 fully saturated rings. The number of aliphatic hydroxyl groups is 7. The fourth-order valence-electron chi connectivity index (χ4n) is 12.9. The van der Waals surface area contributed by atoms with Crippen LogP contribution in [0, 0.1) is 0 Å². The number of ether oxygens (including phenoxy) is 14. The molecule has 0 amide bonds. The van der Waals surface area contributed by atoms with E-state index < -0.39 is 54.7 Å². The third-order valence-corrected chi connectivity index (χ3v) is 21.3. The van der Waals surface area contributed by atoms with Crippen molar-refractivity contribution < 1.29 is 169 Å². The number of esters is 12. The summed E-state index contributed by atoms with van der Waals surface area (Å²) in [5.74, 6) is -4.18. The Hall–Kier alpha value is -7.70. The van der Waals surface area contributed by atoms with Crippen LogP contribution in [0.3, 0.4) is 0 Å². The van der Waals surface area contributed by atoms with Gasteiger partial charge >= 0.3 is 71.6 Å². The second-order valence-corrected chi connectivity index (χ2v) is 35.2. The molecule has 0 aliphatic heterocycles. The lowest BCUT2D eigenvalue weighted by Gasteiger charge is -2.15. The Labute approximate surface area is 853 Å². The number of carbonyl (C=O) groups is 14. The first-order valence-corrected chi connectivity index (χ1v) is 54.0. The van der Waals surface area contributed by atoms with Crippen molar-refractivity contribution in [3.05, 3.63) is 0 Å². The van der Waals surface area contributed by atoms with Crippen molar-refractivity contribution in [3.8, 4) is 0 Å². The van der Waals surface area contributed by atoms with Crippen molar-refractivity contribution in [2.45, 2.75) is 511 Å². The number of carbonyl (C=O) groups excluding carboxylic acids is 14. The zero-order valence-electron chi connectivity index (χ0n) is 90.1. The maximum absolute atomic E-state index is 11.9. The first kappa shape index (κ1) is 147. The summed E-state index contributed by atoms with van der Waals surface area (Å²) in [6, 6.07) is 0. The Balaban J connectivity index is -0.000000308. The molecule has 7 atom stereocenters. The second-order valence-electron chi connectivity index (χ2n) is 35.2. The summed E-state index contributed by atoms with van der Waals surface area (Å²) in [6.45, 7) is 20.9. The van der Waals surface area contributed by atoms with E-state index in [1.165, 1.54) is 168 Å². The number of aliphatic hydroxyl groups excluding tert-OH is 7. The highest BCUT2D eigenvalue weighted by Crippen LogP contribution is 2.18. The lowest BCUT2D eigenvalue weighted by molar-refractivity contribution is -0.161. The van der Waals surface area contributed by atoms with Crippen molar-refractivity contribution in [3.63, 3.8) is 0 Å². The van der Waals surface area contributed by atoms with Gasteiger partial charge in [-0.1, -0.05) is 326 Å². The predicted molar refractivity (Wildman–Crippen MR) is 543 cm³/mol. The predicted octanol–water partition coefficient (Wildman–Crippen LogP) is 18.9. The quantitative estimate of drug-likeness (QED) is 0.0129. The molecule has 0 spiro atoms. The topological polar surface area (TPSA) is 510 Å². The van der Waals surface area contributed by atoms with Crippen molar-refractivity contribution in [1.82, 2.24) is 0 Å². The van der Waals surface area contributed by atoms with Gasteiger partial charge in [0.15, 0.2) is 42.7 Å². The Kier molecular flexibility index (Phi) is 125. The van der Waals surface area contributed by atoms with Crippen LogP contribution in [0.5, 0.6) is 0 Å². The van der Waals surface area contributed by atoms with E-state index >= 15 is 0 Å². The molecule has 7 unspecified atom stereocenters. The van der Waals surface area contributed by atoms with Gasteiger partial charge in [0.1, 0.15) is 46.2 Å². The maximum Gasteiger partial charge on any atom is 0.306 e. The summed E-state index contributed by atoms with van der Waals surface area (Å²) in [6.07, 6.45) is 53.5. The molecule has 0 rings (SSSR count). The van der Waals surface area contributed by atoms with Crippen LogP contribution < -0.4 is 0 Å². The Morgan fingerprint density at radius 3 is 0.542 bits per heavy atom. The smallest absolute Gasteiger partial charge is 0.306 e. The fraction of sp³-hybridized carbons (Fsp3) is 0.869.